The van der Waals surface area contributed by atoms with Crippen molar-refractivity contribution in [1.82, 2.24) is 34.8 Å². The fraction of sp³-hybridized carbons (Fsp3) is 0.500. The van der Waals surface area contributed by atoms with E-state index in [0.717, 1.165) is 57.5 Å². The Balaban J connectivity index is 1.02. The number of carbonyl (C=O) groups is 3. The van der Waals surface area contributed by atoms with Crippen LogP contribution in [0.25, 0.3) is 11.1 Å². The number of carbonyl (C=O) groups excluding carboxylic acids is 3. The lowest BCUT2D eigenvalue weighted by molar-refractivity contribution is -0.302. The Morgan fingerprint density at radius 1 is 0.981 bits per heavy atom. The van der Waals surface area contributed by atoms with Gasteiger partial charge in [-0.3, -0.25) is 29.1 Å². The molecule has 0 saturated carbocycles. The minimum Gasteiger partial charge on any atom is -0.378 e. The van der Waals surface area contributed by atoms with Gasteiger partial charge in [0, 0.05) is 30.4 Å². The summed E-state index contributed by atoms with van der Waals surface area (Å²) in [5.74, 6) is -6.86. The van der Waals surface area contributed by atoms with Gasteiger partial charge in [-0.05, 0) is 42.2 Å². The number of pyridine rings is 1. The first-order valence-corrected chi connectivity index (χ1v) is 16.8. The minimum atomic E-state index is -5.00. The molecule has 276 valence electrons. The van der Waals surface area contributed by atoms with E-state index in [1.165, 1.54) is 18.2 Å². The molecule has 0 unspecified atom stereocenters. The van der Waals surface area contributed by atoms with Crippen molar-refractivity contribution < 1.29 is 50.2 Å². The molecule has 4 fully saturated rings. The topological polar surface area (TPSA) is 122 Å². The molecule has 0 radical (unpaired) electrons. The number of nitrogens with zero attached hydrogens (tertiary/aromatic N) is 6. The van der Waals surface area contributed by atoms with Crippen molar-refractivity contribution >= 4 is 17.8 Å². The summed E-state index contributed by atoms with van der Waals surface area (Å²) in [6.07, 6.45) is -0.265. The van der Waals surface area contributed by atoms with Gasteiger partial charge < -0.3 is 19.7 Å². The molecule has 52 heavy (non-hydrogen) atoms. The number of halogens is 6. The maximum Gasteiger partial charge on any atom is 0.416 e. The van der Waals surface area contributed by atoms with Crippen LogP contribution < -0.4 is 5.32 Å². The average Bonchev–Trinajstić information content (AvgIpc) is 3.69. The largest absolute Gasteiger partial charge is 0.416 e. The van der Waals surface area contributed by atoms with Gasteiger partial charge in [0.25, 0.3) is 11.8 Å². The molecule has 18 heteroatoms. The van der Waals surface area contributed by atoms with Gasteiger partial charge in [-0.25, -0.2) is 18.0 Å². The standard InChI is InChI=1S/C34H33F6N7O5/c35-22-2-3-23(41-11-22)13-46(31(18-52-19-31)34(38,39)40)28(48)14-45-29(49)32(43-30(45)50)17-33(36,37)27-9-20(1-4-26(27)32)21-10-42-47(12-21)24-5-7-44(8-6-24)25-15-51-16-25/h1-4,9-12,24-25H,5-8,13-19H2,(H,43,50)/t32-/m0/s1. The molecule has 1 aliphatic carbocycles. The van der Waals surface area contributed by atoms with Gasteiger partial charge in [-0.2, -0.15) is 18.3 Å². The quantitative estimate of drug-likeness (QED) is 0.275. The number of benzene rings is 1. The van der Waals surface area contributed by atoms with Crippen molar-refractivity contribution in [3.05, 3.63) is 71.6 Å². The summed E-state index contributed by atoms with van der Waals surface area (Å²) in [5, 5.41) is 6.82. The van der Waals surface area contributed by atoms with E-state index in [1.807, 2.05) is 4.68 Å². The number of alkyl halides is 5. The maximum absolute atomic E-state index is 15.8. The fourth-order valence-electron chi connectivity index (χ4n) is 7.76. The lowest BCUT2D eigenvalue weighted by Gasteiger charge is -2.50. The number of hydrogen-bond donors (Lipinski definition) is 1. The summed E-state index contributed by atoms with van der Waals surface area (Å²) in [4.78, 5) is 47.7. The number of imide groups is 1. The van der Waals surface area contributed by atoms with Crippen LogP contribution in [0.3, 0.4) is 0 Å². The van der Waals surface area contributed by atoms with Crippen molar-refractivity contribution in [3.63, 3.8) is 0 Å². The van der Waals surface area contributed by atoms with E-state index in [0.29, 0.717) is 27.0 Å². The van der Waals surface area contributed by atoms with Crippen molar-refractivity contribution in [1.29, 1.82) is 0 Å². The number of likely N-dealkylation sites (tertiary alicyclic amines) is 1. The molecule has 1 N–H and O–H groups in total. The molecule has 1 atom stereocenters. The summed E-state index contributed by atoms with van der Waals surface area (Å²) >= 11 is 0. The normalized spacial score (nSPS) is 24.5. The molecule has 1 aromatic carbocycles. The van der Waals surface area contributed by atoms with Crippen molar-refractivity contribution in [2.45, 2.75) is 61.1 Å². The molecule has 12 nitrogen and oxygen atoms in total. The monoisotopic (exact) mass is 733 g/mol. The Morgan fingerprint density at radius 3 is 2.35 bits per heavy atom. The number of urea groups is 1. The molecule has 4 amide bonds. The number of nitrogens with one attached hydrogen (secondary N) is 1. The van der Waals surface area contributed by atoms with E-state index in [9.17, 15) is 31.9 Å². The number of hydrogen-bond acceptors (Lipinski definition) is 8. The second-order valence-corrected chi connectivity index (χ2v) is 14.0. The van der Waals surface area contributed by atoms with Crippen LogP contribution in [0.5, 0.6) is 0 Å². The van der Waals surface area contributed by atoms with Crippen molar-refractivity contribution in [3.8, 4) is 11.1 Å². The van der Waals surface area contributed by atoms with Gasteiger partial charge in [0.05, 0.1) is 69.6 Å². The zero-order chi connectivity index (χ0) is 36.6. The Hall–Kier alpha value is -4.55. The first kappa shape index (κ1) is 34.5. The van der Waals surface area contributed by atoms with Gasteiger partial charge in [0.15, 0.2) is 11.1 Å². The molecule has 4 saturated heterocycles. The Morgan fingerprint density at radius 2 is 1.73 bits per heavy atom. The van der Waals surface area contributed by atoms with E-state index in [2.05, 4.69) is 20.3 Å². The molecule has 3 aromatic rings. The third-order valence-electron chi connectivity index (χ3n) is 10.9. The van der Waals surface area contributed by atoms with Gasteiger partial charge in [-0.15, -0.1) is 0 Å². The summed E-state index contributed by atoms with van der Waals surface area (Å²) in [6.45, 7) is -0.536. The number of amides is 4. The van der Waals surface area contributed by atoms with Crippen LogP contribution in [0.1, 0.15) is 42.1 Å². The van der Waals surface area contributed by atoms with Crippen LogP contribution in [-0.2, 0) is 37.1 Å². The van der Waals surface area contributed by atoms with E-state index in [1.54, 1.807) is 12.4 Å². The van der Waals surface area contributed by atoms with E-state index < -0.39 is 85.1 Å². The summed E-state index contributed by atoms with van der Waals surface area (Å²) in [7, 11) is 0. The van der Waals surface area contributed by atoms with E-state index in [-0.39, 0.29) is 17.3 Å². The predicted molar refractivity (Wildman–Crippen MR) is 167 cm³/mol. The fourth-order valence-corrected chi connectivity index (χ4v) is 7.76. The molecule has 5 aliphatic rings. The predicted octanol–water partition coefficient (Wildman–Crippen LogP) is 3.72. The lowest BCUT2D eigenvalue weighted by atomic mass is 9.90. The lowest BCUT2D eigenvalue weighted by Crippen LogP contribution is -2.72. The van der Waals surface area contributed by atoms with Crippen LogP contribution in [0.2, 0.25) is 0 Å². The summed E-state index contributed by atoms with van der Waals surface area (Å²) in [6, 6.07) is 5.52. The molecule has 4 aliphatic heterocycles. The molecule has 6 heterocycles. The third kappa shape index (κ3) is 5.53. The van der Waals surface area contributed by atoms with Gasteiger partial charge in [0.1, 0.15) is 12.4 Å². The Bertz CT molecular complexity index is 1910. The van der Waals surface area contributed by atoms with Crippen molar-refractivity contribution in [2.24, 2.45) is 0 Å². The highest BCUT2D eigenvalue weighted by Gasteiger charge is 2.67. The SMILES string of the molecule is O=C1N[C@]2(CC(F)(F)c3cc(-c4cnn(C5CCN(C6COC6)CC5)c4)ccc32)C(=O)N1CC(=O)N(Cc1ccc(F)cn1)C1(C(F)(F)F)COC1. The van der Waals surface area contributed by atoms with Crippen LogP contribution >= 0.6 is 0 Å². The zero-order valence-corrected chi connectivity index (χ0v) is 27.5. The van der Waals surface area contributed by atoms with Crippen molar-refractivity contribution in [2.75, 3.05) is 46.1 Å². The Kier molecular flexibility index (Phi) is 8.14. The third-order valence-corrected chi connectivity index (χ3v) is 10.9. The van der Waals surface area contributed by atoms with Gasteiger partial charge in [0.2, 0.25) is 5.91 Å². The van der Waals surface area contributed by atoms with Crippen LogP contribution in [-0.4, -0.2) is 111 Å². The van der Waals surface area contributed by atoms with E-state index in [4.69, 9.17) is 9.47 Å². The van der Waals surface area contributed by atoms with Crippen LogP contribution in [0.15, 0.2) is 48.9 Å². The highest BCUT2D eigenvalue weighted by molar-refractivity contribution is 6.10. The average molecular weight is 734 g/mol. The second-order valence-electron chi connectivity index (χ2n) is 14.0. The molecule has 2 aromatic heterocycles. The maximum atomic E-state index is 15.8. The highest BCUT2D eigenvalue weighted by Crippen LogP contribution is 2.54. The zero-order valence-electron chi connectivity index (χ0n) is 27.5. The molecule has 1 spiro atoms. The molecular weight excluding hydrogens is 700 g/mol. The van der Waals surface area contributed by atoms with Crippen LogP contribution in [0.4, 0.5) is 31.1 Å². The first-order valence-electron chi connectivity index (χ1n) is 16.8. The molecule has 0 bridgehead atoms. The van der Waals surface area contributed by atoms with Gasteiger partial charge in [-0.1, -0.05) is 12.1 Å². The minimum absolute atomic E-state index is 0.102. The van der Waals surface area contributed by atoms with E-state index >= 15 is 8.78 Å². The van der Waals surface area contributed by atoms with Crippen LogP contribution in [0, 0.1) is 5.82 Å². The molecule has 8 rings (SSSR count). The second kappa shape index (κ2) is 12.3. The number of piperidine rings is 1. The summed E-state index contributed by atoms with van der Waals surface area (Å²) < 4.78 is 100. The Labute approximate surface area is 292 Å². The molecular formula is C34H33F6N7O5. The number of aromatic nitrogens is 3. The first-order chi connectivity index (χ1) is 24.7. The van der Waals surface area contributed by atoms with Gasteiger partial charge >= 0.3 is 12.2 Å². The number of ether oxygens (including phenoxy) is 2. The smallest absolute Gasteiger partial charge is 0.378 e. The number of fused-ring (bicyclic) bond motifs is 2. The highest BCUT2D eigenvalue weighted by atomic mass is 19.4. The number of rotatable bonds is 8. The summed E-state index contributed by atoms with van der Waals surface area (Å²) in [5.41, 5.74) is -4.87.